The summed E-state index contributed by atoms with van der Waals surface area (Å²) in [6, 6.07) is 1.69. The van der Waals surface area contributed by atoms with E-state index in [1.165, 1.54) is 0 Å². The zero-order chi connectivity index (χ0) is 12.7. The monoisotopic (exact) mass is 233 g/mol. The molecule has 0 bridgehead atoms. The molecule has 4 atom stereocenters. The van der Waals surface area contributed by atoms with Crippen molar-refractivity contribution < 1.29 is 30.3 Å². The van der Waals surface area contributed by atoms with Crippen molar-refractivity contribution in [3.63, 3.8) is 0 Å². The molecule has 0 aromatic heterocycles. The first kappa shape index (κ1) is 15.0. The lowest BCUT2D eigenvalue weighted by Gasteiger charge is -2.24. The SMILES string of the molecule is N#CCCC(=O)[C@H](O)[C@@H](O)[C@H](O)[C@H](O)CO. The van der Waals surface area contributed by atoms with Gasteiger partial charge in [-0.1, -0.05) is 0 Å². The lowest BCUT2D eigenvalue weighted by molar-refractivity contribution is -0.146. The normalized spacial score (nSPS) is 18.2. The first-order valence-electron chi connectivity index (χ1n) is 4.68. The van der Waals surface area contributed by atoms with Crippen LogP contribution in [0.15, 0.2) is 0 Å². The van der Waals surface area contributed by atoms with Crippen molar-refractivity contribution in [1.82, 2.24) is 0 Å². The van der Waals surface area contributed by atoms with Crippen LogP contribution in [-0.2, 0) is 4.79 Å². The van der Waals surface area contributed by atoms with Crippen molar-refractivity contribution in [1.29, 1.82) is 5.26 Å². The van der Waals surface area contributed by atoms with Crippen LogP contribution in [0.4, 0.5) is 0 Å². The summed E-state index contributed by atoms with van der Waals surface area (Å²) in [6.07, 6.45) is -7.62. The van der Waals surface area contributed by atoms with Crippen molar-refractivity contribution in [2.75, 3.05) is 6.61 Å². The molecule has 0 saturated heterocycles. The van der Waals surface area contributed by atoms with Gasteiger partial charge in [-0.15, -0.1) is 0 Å². The zero-order valence-corrected chi connectivity index (χ0v) is 8.52. The van der Waals surface area contributed by atoms with Gasteiger partial charge in [0, 0.05) is 12.8 Å². The van der Waals surface area contributed by atoms with E-state index in [1.54, 1.807) is 6.07 Å². The molecule has 0 heterocycles. The third kappa shape index (κ3) is 4.22. The van der Waals surface area contributed by atoms with E-state index in [0.717, 1.165) is 0 Å². The number of nitriles is 1. The Hall–Kier alpha value is -1.04. The molecule has 0 amide bonds. The maximum Gasteiger partial charge on any atom is 0.165 e. The fourth-order valence-corrected chi connectivity index (χ4v) is 1.04. The minimum atomic E-state index is -1.90. The second-order valence-electron chi connectivity index (χ2n) is 3.30. The third-order valence-corrected chi connectivity index (χ3v) is 2.07. The van der Waals surface area contributed by atoms with Crippen LogP contribution in [-0.4, -0.2) is 62.3 Å². The molecule has 0 aliphatic heterocycles. The Kier molecular flexibility index (Phi) is 6.80. The highest BCUT2D eigenvalue weighted by Gasteiger charge is 2.33. The van der Waals surface area contributed by atoms with Crippen LogP contribution in [0, 0.1) is 11.3 Å². The molecular weight excluding hydrogens is 218 g/mol. The average Bonchev–Trinajstić information content (AvgIpc) is 2.31. The first-order valence-corrected chi connectivity index (χ1v) is 4.68. The van der Waals surface area contributed by atoms with E-state index < -0.39 is 36.8 Å². The summed E-state index contributed by atoms with van der Waals surface area (Å²) in [5.41, 5.74) is 0. The number of carbonyl (C=O) groups is 1. The standard InChI is InChI=1S/C9H15NO6/c10-3-1-2-5(12)7(14)9(16)8(15)6(13)4-11/h6-9,11,13-16H,1-2,4H2/t6-,7+,8-,9-/m1/s1. The van der Waals surface area contributed by atoms with Crippen LogP contribution in [0.5, 0.6) is 0 Å². The number of carbonyl (C=O) groups excluding carboxylic acids is 1. The van der Waals surface area contributed by atoms with Gasteiger partial charge in [-0.3, -0.25) is 4.79 Å². The van der Waals surface area contributed by atoms with Crippen molar-refractivity contribution in [2.24, 2.45) is 0 Å². The summed E-state index contributed by atoms with van der Waals surface area (Å²) < 4.78 is 0. The maximum atomic E-state index is 11.1. The highest BCUT2D eigenvalue weighted by Crippen LogP contribution is 2.08. The van der Waals surface area contributed by atoms with Gasteiger partial charge in [-0.05, 0) is 0 Å². The molecule has 0 radical (unpaired) electrons. The molecule has 0 aromatic carbocycles. The summed E-state index contributed by atoms with van der Waals surface area (Å²) in [7, 11) is 0. The molecule has 0 unspecified atom stereocenters. The van der Waals surface area contributed by atoms with Crippen LogP contribution in [0.25, 0.3) is 0 Å². The molecule has 0 rings (SSSR count). The zero-order valence-electron chi connectivity index (χ0n) is 8.52. The van der Waals surface area contributed by atoms with Gasteiger partial charge in [0.05, 0.1) is 12.7 Å². The molecule has 7 nitrogen and oxygen atoms in total. The Bertz CT molecular complexity index is 263. The van der Waals surface area contributed by atoms with Gasteiger partial charge in [0.25, 0.3) is 0 Å². The van der Waals surface area contributed by atoms with Crippen molar-refractivity contribution in [3.05, 3.63) is 0 Å². The quantitative estimate of drug-likeness (QED) is 0.322. The van der Waals surface area contributed by atoms with Gasteiger partial charge < -0.3 is 25.5 Å². The average molecular weight is 233 g/mol. The number of aliphatic hydroxyl groups excluding tert-OH is 5. The summed E-state index contributed by atoms with van der Waals surface area (Å²) in [6.45, 7) is -0.808. The molecule has 92 valence electrons. The largest absolute Gasteiger partial charge is 0.394 e. The molecule has 5 N–H and O–H groups in total. The van der Waals surface area contributed by atoms with E-state index in [1.807, 2.05) is 0 Å². The second kappa shape index (κ2) is 7.27. The van der Waals surface area contributed by atoms with Crippen molar-refractivity contribution >= 4 is 5.78 Å². The molecule has 0 spiro atoms. The van der Waals surface area contributed by atoms with Crippen LogP contribution in [0.3, 0.4) is 0 Å². The van der Waals surface area contributed by atoms with E-state index >= 15 is 0 Å². The summed E-state index contributed by atoms with van der Waals surface area (Å²) in [4.78, 5) is 11.1. The number of Topliss-reactive ketones (excluding diaryl/α,β-unsaturated/α-hetero) is 1. The van der Waals surface area contributed by atoms with Crippen molar-refractivity contribution in [3.8, 4) is 6.07 Å². The number of rotatable bonds is 7. The highest BCUT2D eigenvalue weighted by molar-refractivity contribution is 5.83. The van der Waals surface area contributed by atoms with E-state index in [0.29, 0.717) is 0 Å². The third-order valence-electron chi connectivity index (χ3n) is 2.07. The molecule has 0 aliphatic carbocycles. The van der Waals surface area contributed by atoms with Gasteiger partial charge >= 0.3 is 0 Å². The number of ketones is 1. The Morgan fingerprint density at radius 3 is 2.19 bits per heavy atom. The molecule has 0 saturated carbocycles. The number of nitrogens with zero attached hydrogens (tertiary/aromatic N) is 1. The Morgan fingerprint density at radius 1 is 1.19 bits per heavy atom. The van der Waals surface area contributed by atoms with Crippen LogP contribution < -0.4 is 0 Å². The molecular formula is C9H15NO6. The van der Waals surface area contributed by atoms with Gasteiger partial charge in [-0.2, -0.15) is 5.26 Å². The molecule has 0 aromatic rings. The lowest BCUT2D eigenvalue weighted by Crippen LogP contribution is -2.48. The minimum Gasteiger partial charge on any atom is -0.394 e. The lowest BCUT2D eigenvalue weighted by atomic mass is 9.98. The molecule has 0 aliphatic rings. The van der Waals surface area contributed by atoms with E-state index in [9.17, 15) is 20.1 Å². The highest BCUT2D eigenvalue weighted by atomic mass is 16.4. The smallest absolute Gasteiger partial charge is 0.165 e. The van der Waals surface area contributed by atoms with Gasteiger partial charge in [-0.25, -0.2) is 0 Å². The Morgan fingerprint density at radius 2 is 1.75 bits per heavy atom. The number of aliphatic hydroxyl groups is 5. The second-order valence-corrected chi connectivity index (χ2v) is 3.30. The number of hydrogen-bond acceptors (Lipinski definition) is 7. The fraction of sp³-hybridized carbons (Fsp3) is 0.778. The molecule has 7 heteroatoms. The van der Waals surface area contributed by atoms with Gasteiger partial charge in [0.1, 0.15) is 24.4 Å². The minimum absolute atomic E-state index is 0.110. The molecule has 16 heavy (non-hydrogen) atoms. The van der Waals surface area contributed by atoms with Crippen molar-refractivity contribution in [2.45, 2.75) is 37.3 Å². The predicted molar refractivity (Wildman–Crippen MR) is 51.0 cm³/mol. The number of hydrogen-bond donors (Lipinski definition) is 5. The van der Waals surface area contributed by atoms with E-state index in [-0.39, 0.29) is 12.8 Å². The Balaban J connectivity index is 4.31. The van der Waals surface area contributed by atoms with E-state index in [2.05, 4.69) is 0 Å². The summed E-state index contributed by atoms with van der Waals surface area (Å²) >= 11 is 0. The van der Waals surface area contributed by atoms with Crippen LogP contribution in [0.1, 0.15) is 12.8 Å². The maximum absolute atomic E-state index is 11.1. The fourth-order valence-electron chi connectivity index (χ4n) is 1.04. The predicted octanol–water partition coefficient (Wildman–Crippen LogP) is -2.70. The van der Waals surface area contributed by atoms with E-state index in [4.69, 9.17) is 15.5 Å². The summed E-state index contributed by atoms with van der Waals surface area (Å²) in [5, 5.41) is 53.4. The molecule has 0 fully saturated rings. The summed E-state index contributed by atoms with van der Waals surface area (Å²) in [5.74, 6) is -0.807. The van der Waals surface area contributed by atoms with Gasteiger partial charge in [0.15, 0.2) is 5.78 Å². The van der Waals surface area contributed by atoms with Crippen LogP contribution in [0.2, 0.25) is 0 Å². The first-order chi connectivity index (χ1) is 7.45. The van der Waals surface area contributed by atoms with Crippen LogP contribution >= 0.6 is 0 Å². The Labute approximate surface area is 92.2 Å². The topological polar surface area (TPSA) is 142 Å². The van der Waals surface area contributed by atoms with Gasteiger partial charge in [0.2, 0.25) is 0 Å².